The third-order valence-corrected chi connectivity index (χ3v) is 6.00. The van der Waals surface area contributed by atoms with Crippen LogP contribution in [0.2, 0.25) is 0 Å². The molecule has 0 spiro atoms. The Labute approximate surface area is 147 Å². The second-order valence-electron chi connectivity index (χ2n) is 8.17. The molecule has 1 aromatic carbocycles. The number of aromatic nitrogens is 2. The van der Waals surface area contributed by atoms with E-state index in [4.69, 9.17) is 11.5 Å². The van der Waals surface area contributed by atoms with E-state index in [1.165, 1.54) is 0 Å². The van der Waals surface area contributed by atoms with E-state index in [1.54, 1.807) is 0 Å². The fraction of sp³-hybridized carbons (Fsp3) is 0.556. The molecule has 0 bridgehead atoms. The molecule has 4 rings (SSSR count). The van der Waals surface area contributed by atoms with E-state index in [0.29, 0.717) is 13.1 Å². The number of hydrogen-bond donors (Lipinski definition) is 4. The minimum atomic E-state index is -0.641. The highest BCUT2D eigenvalue weighted by Gasteiger charge is 2.78. The summed E-state index contributed by atoms with van der Waals surface area (Å²) in [5, 5.41) is 12.0. The van der Waals surface area contributed by atoms with Gasteiger partial charge in [0.05, 0.1) is 33.7 Å². The summed E-state index contributed by atoms with van der Waals surface area (Å²) in [6, 6.07) is 6.10. The van der Waals surface area contributed by atoms with Crippen molar-refractivity contribution in [1.82, 2.24) is 20.4 Å². The zero-order chi connectivity index (χ0) is 18.2. The first kappa shape index (κ1) is 16.5. The molecule has 25 heavy (non-hydrogen) atoms. The molecule has 1 aromatic heterocycles. The molecular weight excluding hydrogens is 316 g/mol. The zero-order valence-corrected chi connectivity index (χ0v) is 15.2. The minimum Gasteiger partial charge on any atom is -0.345 e. The van der Waals surface area contributed by atoms with Gasteiger partial charge in [0.2, 0.25) is 5.91 Å². The third-order valence-electron chi connectivity index (χ3n) is 6.00. The number of nitrogens with one attached hydrogen (secondary N) is 2. The average Bonchev–Trinajstić information content (AvgIpc) is 2.75. The Morgan fingerprint density at radius 3 is 2.64 bits per heavy atom. The maximum absolute atomic E-state index is 12.9. The highest BCUT2D eigenvalue weighted by molar-refractivity contribution is 5.90. The molecule has 1 amide bonds. The van der Waals surface area contributed by atoms with Gasteiger partial charge < -0.3 is 22.1 Å². The van der Waals surface area contributed by atoms with Crippen molar-refractivity contribution >= 4 is 16.8 Å². The van der Waals surface area contributed by atoms with Crippen LogP contribution < -0.4 is 22.1 Å². The van der Waals surface area contributed by atoms with Gasteiger partial charge in [0.25, 0.3) is 0 Å². The van der Waals surface area contributed by atoms with Crippen molar-refractivity contribution in [1.29, 1.82) is 0 Å². The molecule has 2 aliphatic rings. The Balaban J connectivity index is 1.66. The smallest absolute Gasteiger partial charge is 0.227 e. The summed E-state index contributed by atoms with van der Waals surface area (Å²) < 4.78 is 1.85. The maximum atomic E-state index is 12.9. The van der Waals surface area contributed by atoms with Crippen molar-refractivity contribution < 1.29 is 4.79 Å². The normalized spacial score (nSPS) is 31.2. The molecule has 7 nitrogen and oxygen atoms in total. The van der Waals surface area contributed by atoms with Gasteiger partial charge in [0, 0.05) is 25.5 Å². The van der Waals surface area contributed by atoms with Crippen LogP contribution in [0.25, 0.3) is 10.9 Å². The number of carbonyl (C=O) groups excluding carboxylic acids is 1. The first-order chi connectivity index (χ1) is 11.6. The monoisotopic (exact) mass is 342 g/mol. The Hall–Kier alpha value is -1.96. The number of amides is 1. The molecule has 1 aliphatic heterocycles. The highest BCUT2D eigenvalue weighted by Crippen LogP contribution is 2.53. The fourth-order valence-corrected chi connectivity index (χ4v) is 4.67. The van der Waals surface area contributed by atoms with E-state index >= 15 is 0 Å². The Bertz CT molecular complexity index is 871. The molecule has 1 saturated carbocycles. The second-order valence-corrected chi connectivity index (χ2v) is 8.17. The quantitative estimate of drug-likeness (QED) is 0.620. The molecule has 1 saturated heterocycles. The topological polar surface area (TPSA) is 111 Å². The summed E-state index contributed by atoms with van der Waals surface area (Å²) in [5.74, 6) is -0.444. The molecule has 2 fully saturated rings. The molecule has 134 valence electrons. The van der Waals surface area contributed by atoms with Crippen LogP contribution in [-0.2, 0) is 17.4 Å². The first-order valence-corrected chi connectivity index (χ1v) is 8.65. The number of nitrogens with zero attached hydrogens (tertiary/aromatic N) is 2. The van der Waals surface area contributed by atoms with Gasteiger partial charge in [-0.1, -0.05) is 18.2 Å². The van der Waals surface area contributed by atoms with Crippen molar-refractivity contribution in [2.75, 3.05) is 13.1 Å². The van der Waals surface area contributed by atoms with Gasteiger partial charge in [-0.25, -0.2) is 0 Å². The fourth-order valence-electron chi connectivity index (χ4n) is 4.67. The molecule has 2 heterocycles. The molecule has 0 radical (unpaired) electrons. The van der Waals surface area contributed by atoms with Gasteiger partial charge in [-0.15, -0.1) is 0 Å². The molecule has 0 unspecified atom stereocenters. The number of benzene rings is 1. The van der Waals surface area contributed by atoms with Gasteiger partial charge in [-0.3, -0.25) is 9.48 Å². The SMILES string of the molecule is Cc1cccc2c(C(C)(C)NC(=O)[C@H]3[C@]4(N)CNC[C@]34N)n(C)nc12. The van der Waals surface area contributed by atoms with Crippen LogP contribution in [0.15, 0.2) is 18.2 Å². The number of hydrogen-bond acceptors (Lipinski definition) is 5. The van der Waals surface area contributed by atoms with Crippen LogP contribution in [0.1, 0.15) is 25.1 Å². The van der Waals surface area contributed by atoms with E-state index in [2.05, 4.69) is 15.7 Å². The Kier molecular flexibility index (Phi) is 3.18. The number of nitrogens with two attached hydrogens (primary N) is 2. The lowest BCUT2D eigenvalue weighted by Crippen LogP contribution is -2.47. The first-order valence-electron chi connectivity index (χ1n) is 8.65. The average molecular weight is 342 g/mol. The summed E-state index contributed by atoms with van der Waals surface area (Å²) in [6.07, 6.45) is 0. The number of fused-ring (bicyclic) bond motifs is 2. The summed E-state index contributed by atoms with van der Waals surface area (Å²) in [7, 11) is 1.91. The van der Waals surface area contributed by atoms with Crippen LogP contribution in [0.4, 0.5) is 0 Å². The largest absolute Gasteiger partial charge is 0.345 e. The van der Waals surface area contributed by atoms with Crippen molar-refractivity contribution in [2.24, 2.45) is 24.4 Å². The van der Waals surface area contributed by atoms with Crippen molar-refractivity contribution in [3.05, 3.63) is 29.5 Å². The molecule has 1 aliphatic carbocycles. The van der Waals surface area contributed by atoms with Gasteiger partial charge in [0.15, 0.2) is 0 Å². The van der Waals surface area contributed by atoms with Crippen LogP contribution in [0.5, 0.6) is 0 Å². The molecule has 7 heteroatoms. The van der Waals surface area contributed by atoms with Gasteiger partial charge in [-0.05, 0) is 26.3 Å². The summed E-state index contributed by atoms with van der Waals surface area (Å²) in [6.45, 7) is 7.18. The van der Waals surface area contributed by atoms with E-state index in [0.717, 1.165) is 22.2 Å². The molecular formula is C18H26N6O. The van der Waals surface area contributed by atoms with Gasteiger partial charge >= 0.3 is 0 Å². The molecule has 3 atom stereocenters. The lowest BCUT2D eigenvalue weighted by molar-refractivity contribution is -0.125. The number of aryl methyl sites for hydroxylation is 2. The molecule has 6 N–H and O–H groups in total. The number of rotatable bonds is 3. The highest BCUT2D eigenvalue weighted by atomic mass is 16.2. The summed E-state index contributed by atoms with van der Waals surface area (Å²) in [5.41, 5.74) is 13.9. The van der Waals surface area contributed by atoms with E-state index < -0.39 is 16.6 Å². The molecule has 2 aromatic rings. The zero-order valence-electron chi connectivity index (χ0n) is 15.2. The minimum absolute atomic E-state index is 0.0847. The second kappa shape index (κ2) is 4.81. The van der Waals surface area contributed by atoms with Crippen LogP contribution in [-0.4, -0.2) is 39.9 Å². The van der Waals surface area contributed by atoms with E-state index in [-0.39, 0.29) is 11.8 Å². The van der Waals surface area contributed by atoms with Crippen LogP contribution >= 0.6 is 0 Å². The number of carbonyl (C=O) groups is 1. The van der Waals surface area contributed by atoms with Gasteiger partial charge in [0.1, 0.15) is 0 Å². The van der Waals surface area contributed by atoms with E-state index in [1.807, 2.05) is 50.7 Å². The van der Waals surface area contributed by atoms with Crippen LogP contribution in [0, 0.1) is 12.8 Å². The Morgan fingerprint density at radius 2 is 2.00 bits per heavy atom. The van der Waals surface area contributed by atoms with Crippen molar-refractivity contribution in [3.63, 3.8) is 0 Å². The van der Waals surface area contributed by atoms with Crippen LogP contribution in [0.3, 0.4) is 0 Å². The number of piperidine rings is 1. The van der Waals surface area contributed by atoms with E-state index in [9.17, 15) is 4.79 Å². The standard InChI is InChI=1S/C18H26N6O/c1-10-6-5-7-11-12(10)23-24(4)14(11)16(2,3)22-15(25)13-17(19)8-21-9-18(13,17)20/h5-7,13,21H,8-9,19-20H2,1-4H3,(H,22,25)/t13-,17+,18-. The van der Waals surface area contributed by atoms with Crippen molar-refractivity contribution in [3.8, 4) is 0 Å². The maximum Gasteiger partial charge on any atom is 0.227 e. The summed E-state index contributed by atoms with van der Waals surface area (Å²) >= 11 is 0. The Morgan fingerprint density at radius 1 is 1.36 bits per heavy atom. The predicted molar refractivity (Wildman–Crippen MR) is 96.8 cm³/mol. The van der Waals surface area contributed by atoms with Crippen molar-refractivity contribution in [2.45, 2.75) is 37.4 Å². The third kappa shape index (κ3) is 2.03. The lowest BCUT2D eigenvalue weighted by Gasteiger charge is -2.28. The van der Waals surface area contributed by atoms with Gasteiger partial charge in [-0.2, -0.15) is 5.10 Å². The summed E-state index contributed by atoms with van der Waals surface area (Å²) in [4.78, 5) is 12.9. The lowest BCUT2D eigenvalue weighted by atomic mass is 9.95. The predicted octanol–water partition coefficient (Wildman–Crippen LogP) is -0.139.